The Bertz CT molecular complexity index is 660. The Labute approximate surface area is 140 Å². The average molecular weight is 339 g/mol. The van der Waals surface area contributed by atoms with E-state index in [-0.39, 0.29) is 30.6 Å². The smallest absolute Gasteiger partial charge is 0.238 e. The monoisotopic (exact) mass is 338 g/mol. The second-order valence-electron chi connectivity index (χ2n) is 4.46. The number of carbonyl (C=O) groups excluding carboxylic acids is 2. The molecular formula is C16H16Cl2N2O2. The molecule has 116 valence electrons. The van der Waals surface area contributed by atoms with E-state index in [1.807, 2.05) is 6.07 Å². The number of carbonyl (C=O) groups is 2. The largest absolute Gasteiger partial charge is 0.324 e. The van der Waals surface area contributed by atoms with Gasteiger partial charge < -0.3 is 10.6 Å². The van der Waals surface area contributed by atoms with Crippen LogP contribution >= 0.6 is 24.0 Å². The highest BCUT2D eigenvalue weighted by Gasteiger charge is 2.15. The highest BCUT2D eigenvalue weighted by atomic mass is 35.5. The Morgan fingerprint density at radius 1 is 1.09 bits per heavy atom. The summed E-state index contributed by atoms with van der Waals surface area (Å²) in [5.74, 6) is -0.403. The second kappa shape index (κ2) is 8.54. The lowest BCUT2D eigenvalue weighted by Crippen LogP contribution is -2.26. The number of anilines is 1. The van der Waals surface area contributed by atoms with Gasteiger partial charge in [0.2, 0.25) is 5.91 Å². The van der Waals surface area contributed by atoms with Crippen molar-refractivity contribution in [2.45, 2.75) is 0 Å². The topological polar surface area (TPSA) is 58.2 Å². The van der Waals surface area contributed by atoms with Crippen LogP contribution in [0.15, 0.2) is 48.5 Å². The molecule has 22 heavy (non-hydrogen) atoms. The minimum Gasteiger partial charge on any atom is -0.324 e. The van der Waals surface area contributed by atoms with Crippen LogP contribution in [0.4, 0.5) is 5.69 Å². The van der Waals surface area contributed by atoms with Crippen LogP contribution in [-0.4, -0.2) is 25.3 Å². The molecule has 2 rings (SSSR count). The Balaban J connectivity index is 0.00000242. The summed E-state index contributed by atoms with van der Waals surface area (Å²) in [5, 5.41) is 5.91. The van der Waals surface area contributed by atoms with Crippen LogP contribution in [0, 0.1) is 0 Å². The molecule has 0 saturated heterocycles. The number of amides is 1. The lowest BCUT2D eigenvalue weighted by atomic mass is 10.0. The van der Waals surface area contributed by atoms with Crippen molar-refractivity contribution >= 4 is 41.4 Å². The molecule has 0 heterocycles. The molecule has 4 nitrogen and oxygen atoms in total. The molecule has 0 bridgehead atoms. The fraction of sp³-hybridized carbons (Fsp3) is 0.125. The van der Waals surface area contributed by atoms with Crippen LogP contribution in [0.25, 0.3) is 0 Å². The van der Waals surface area contributed by atoms with E-state index >= 15 is 0 Å². The average Bonchev–Trinajstić information content (AvgIpc) is 2.49. The zero-order valence-corrected chi connectivity index (χ0v) is 13.5. The van der Waals surface area contributed by atoms with Crippen molar-refractivity contribution in [3.8, 4) is 0 Å². The van der Waals surface area contributed by atoms with Gasteiger partial charge >= 0.3 is 0 Å². The normalized spacial score (nSPS) is 9.73. The van der Waals surface area contributed by atoms with E-state index in [0.717, 1.165) is 0 Å². The molecular weight excluding hydrogens is 323 g/mol. The number of rotatable bonds is 5. The minimum atomic E-state index is -0.220. The highest BCUT2D eigenvalue weighted by Crippen LogP contribution is 2.23. The first-order valence-electron chi connectivity index (χ1n) is 6.45. The SMILES string of the molecule is CNCC(=O)Nc1ccc(Cl)cc1C(=O)c1ccccc1.Cl. The molecule has 1 amide bonds. The van der Waals surface area contributed by atoms with E-state index in [9.17, 15) is 9.59 Å². The summed E-state index contributed by atoms with van der Waals surface area (Å²) in [6.07, 6.45) is 0. The first-order valence-corrected chi connectivity index (χ1v) is 6.83. The molecule has 2 N–H and O–H groups in total. The molecule has 2 aromatic rings. The van der Waals surface area contributed by atoms with Crippen molar-refractivity contribution in [2.75, 3.05) is 18.9 Å². The van der Waals surface area contributed by atoms with Crippen LogP contribution in [0.5, 0.6) is 0 Å². The van der Waals surface area contributed by atoms with Crippen molar-refractivity contribution in [3.63, 3.8) is 0 Å². The van der Waals surface area contributed by atoms with Gasteiger partial charge in [-0.1, -0.05) is 41.9 Å². The Morgan fingerprint density at radius 2 is 1.77 bits per heavy atom. The third-order valence-corrected chi connectivity index (χ3v) is 3.11. The third-order valence-electron chi connectivity index (χ3n) is 2.87. The summed E-state index contributed by atoms with van der Waals surface area (Å²) in [4.78, 5) is 24.2. The van der Waals surface area contributed by atoms with Crippen molar-refractivity contribution < 1.29 is 9.59 Å². The van der Waals surface area contributed by atoms with Gasteiger partial charge in [-0.05, 0) is 25.2 Å². The minimum absolute atomic E-state index is 0. The van der Waals surface area contributed by atoms with Crippen molar-refractivity contribution in [2.24, 2.45) is 0 Å². The summed E-state index contributed by atoms with van der Waals surface area (Å²) in [5.41, 5.74) is 1.37. The van der Waals surface area contributed by atoms with E-state index in [4.69, 9.17) is 11.6 Å². The fourth-order valence-corrected chi connectivity index (χ4v) is 2.09. The molecule has 0 atom stereocenters. The summed E-state index contributed by atoms with van der Waals surface area (Å²) in [6, 6.07) is 13.7. The standard InChI is InChI=1S/C16H15ClN2O2.ClH/c1-18-10-15(20)19-14-8-7-12(17)9-13(14)16(21)11-5-3-2-4-6-11;/h2-9,18H,10H2,1H3,(H,19,20);1H. The van der Waals surface area contributed by atoms with E-state index in [1.54, 1.807) is 49.5 Å². The van der Waals surface area contributed by atoms with Crippen LogP contribution in [-0.2, 0) is 4.79 Å². The lowest BCUT2D eigenvalue weighted by molar-refractivity contribution is -0.115. The molecule has 0 fully saturated rings. The maximum Gasteiger partial charge on any atom is 0.238 e. The molecule has 0 saturated carbocycles. The van der Waals surface area contributed by atoms with Gasteiger partial charge in [0.15, 0.2) is 5.78 Å². The highest BCUT2D eigenvalue weighted by molar-refractivity contribution is 6.31. The molecule has 0 spiro atoms. The summed E-state index contributed by atoms with van der Waals surface area (Å²) in [7, 11) is 1.68. The van der Waals surface area contributed by atoms with E-state index in [0.29, 0.717) is 21.8 Å². The van der Waals surface area contributed by atoms with Gasteiger partial charge in [-0.2, -0.15) is 0 Å². The van der Waals surface area contributed by atoms with Gasteiger partial charge in [-0.25, -0.2) is 0 Å². The van der Waals surface area contributed by atoms with Gasteiger partial charge in [0.05, 0.1) is 12.2 Å². The zero-order chi connectivity index (χ0) is 15.2. The van der Waals surface area contributed by atoms with Crippen molar-refractivity contribution in [1.82, 2.24) is 5.32 Å². The van der Waals surface area contributed by atoms with Crippen molar-refractivity contribution in [3.05, 3.63) is 64.7 Å². The molecule has 0 radical (unpaired) electrons. The summed E-state index contributed by atoms with van der Waals surface area (Å²) in [6.45, 7) is 0.168. The Kier molecular flexibility index (Phi) is 7.05. The maximum absolute atomic E-state index is 12.5. The number of nitrogens with one attached hydrogen (secondary N) is 2. The van der Waals surface area contributed by atoms with Gasteiger partial charge in [-0.3, -0.25) is 9.59 Å². The lowest BCUT2D eigenvalue weighted by Gasteiger charge is -2.11. The fourth-order valence-electron chi connectivity index (χ4n) is 1.91. The second-order valence-corrected chi connectivity index (χ2v) is 4.90. The number of likely N-dealkylation sites (N-methyl/N-ethyl adjacent to an activating group) is 1. The predicted molar refractivity (Wildman–Crippen MR) is 91.1 cm³/mol. The quantitative estimate of drug-likeness (QED) is 0.823. The van der Waals surface area contributed by atoms with Crippen LogP contribution in [0.3, 0.4) is 0 Å². The summed E-state index contributed by atoms with van der Waals surface area (Å²) < 4.78 is 0. The van der Waals surface area contributed by atoms with E-state index in [2.05, 4.69) is 10.6 Å². The number of hydrogen-bond acceptors (Lipinski definition) is 3. The first kappa shape index (κ1) is 18.2. The van der Waals surface area contributed by atoms with E-state index < -0.39 is 0 Å². The van der Waals surface area contributed by atoms with Gasteiger partial charge in [0, 0.05) is 16.1 Å². The van der Waals surface area contributed by atoms with Crippen LogP contribution in [0.1, 0.15) is 15.9 Å². The number of ketones is 1. The van der Waals surface area contributed by atoms with Gasteiger partial charge in [0.25, 0.3) is 0 Å². The van der Waals surface area contributed by atoms with Crippen LogP contribution in [0.2, 0.25) is 5.02 Å². The summed E-state index contributed by atoms with van der Waals surface area (Å²) >= 11 is 5.97. The molecule has 0 unspecified atom stereocenters. The molecule has 0 aliphatic rings. The van der Waals surface area contributed by atoms with E-state index in [1.165, 1.54) is 0 Å². The van der Waals surface area contributed by atoms with Crippen molar-refractivity contribution in [1.29, 1.82) is 0 Å². The third kappa shape index (κ3) is 4.56. The molecule has 0 aliphatic carbocycles. The Morgan fingerprint density at radius 3 is 2.41 bits per heavy atom. The number of halogens is 2. The molecule has 0 aliphatic heterocycles. The predicted octanol–water partition coefficient (Wildman–Crippen LogP) is 3.15. The van der Waals surface area contributed by atoms with Gasteiger partial charge in [-0.15, -0.1) is 12.4 Å². The molecule has 0 aromatic heterocycles. The molecule has 6 heteroatoms. The first-order chi connectivity index (χ1) is 10.1. The number of hydrogen-bond donors (Lipinski definition) is 2. The van der Waals surface area contributed by atoms with Gasteiger partial charge in [0.1, 0.15) is 0 Å². The Hall–Kier alpha value is -1.88. The molecule has 2 aromatic carbocycles. The zero-order valence-electron chi connectivity index (χ0n) is 11.9. The maximum atomic E-state index is 12.5. The number of benzene rings is 2. The van der Waals surface area contributed by atoms with Crippen LogP contribution < -0.4 is 10.6 Å².